The van der Waals surface area contributed by atoms with Crippen molar-refractivity contribution in [1.82, 2.24) is 4.98 Å². The second-order valence-electron chi connectivity index (χ2n) is 3.97. The zero-order chi connectivity index (χ0) is 11.5. The van der Waals surface area contributed by atoms with Gasteiger partial charge < -0.3 is 15.7 Å². The Balaban J connectivity index is 2.14. The maximum Gasteiger partial charge on any atom is 0.128 e. The van der Waals surface area contributed by atoms with Gasteiger partial charge >= 0.3 is 0 Å². The molecule has 5 heteroatoms. The molecule has 1 fully saturated rings. The van der Waals surface area contributed by atoms with E-state index in [1.807, 2.05) is 6.07 Å². The van der Waals surface area contributed by atoms with Crippen molar-refractivity contribution in [3.8, 4) is 0 Å². The molecule has 1 aromatic heterocycles. The molecule has 86 valence electrons. The number of aromatic nitrogens is 1. The number of pyridine rings is 1. The van der Waals surface area contributed by atoms with Crippen molar-refractivity contribution in [3.05, 3.63) is 23.9 Å². The van der Waals surface area contributed by atoms with Gasteiger partial charge in [0.05, 0.1) is 6.61 Å². The SMILES string of the molecule is N=C(N)c1ccc(N(CCO)C2CC2)nc1. The lowest BCUT2D eigenvalue weighted by Gasteiger charge is -2.22. The predicted octanol–water partition coefficient (Wildman–Crippen LogP) is 0.327. The molecular weight excluding hydrogens is 204 g/mol. The maximum atomic E-state index is 8.99. The van der Waals surface area contributed by atoms with Crippen LogP contribution in [-0.2, 0) is 0 Å². The standard InChI is InChI=1S/C11H16N4O/c12-11(13)8-1-4-10(14-7-8)15(5-6-16)9-2-3-9/h1,4,7,9,16H,2-3,5-6H2,(H3,12,13). The van der Waals surface area contributed by atoms with Gasteiger partial charge in [0.25, 0.3) is 0 Å². The molecule has 0 unspecified atom stereocenters. The second kappa shape index (κ2) is 4.49. The quantitative estimate of drug-likeness (QED) is 0.493. The normalized spacial score (nSPS) is 14.8. The molecule has 0 radical (unpaired) electrons. The van der Waals surface area contributed by atoms with Crippen LogP contribution in [0.5, 0.6) is 0 Å². The van der Waals surface area contributed by atoms with Crippen molar-refractivity contribution in [2.75, 3.05) is 18.1 Å². The van der Waals surface area contributed by atoms with Crippen molar-refractivity contribution in [2.24, 2.45) is 5.73 Å². The lowest BCUT2D eigenvalue weighted by Crippen LogP contribution is -2.29. The lowest BCUT2D eigenvalue weighted by atomic mass is 10.2. The van der Waals surface area contributed by atoms with Gasteiger partial charge in [-0.3, -0.25) is 5.41 Å². The van der Waals surface area contributed by atoms with Gasteiger partial charge in [0.1, 0.15) is 11.7 Å². The third-order valence-corrected chi connectivity index (χ3v) is 2.68. The minimum Gasteiger partial charge on any atom is -0.395 e. The monoisotopic (exact) mass is 220 g/mol. The highest BCUT2D eigenvalue weighted by atomic mass is 16.3. The highest BCUT2D eigenvalue weighted by molar-refractivity contribution is 5.94. The van der Waals surface area contributed by atoms with E-state index in [2.05, 4.69) is 9.88 Å². The number of nitrogens with zero attached hydrogens (tertiary/aromatic N) is 2. The Morgan fingerprint density at radius 2 is 2.31 bits per heavy atom. The van der Waals surface area contributed by atoms with Crippen LogP contribution < -0.4 is 10.6 Å². The highest BCUT2D eigenvalue weighted by Crippen LogP contribution is 2.30. The van der Waals surface area contributed by atoms with Crippen LogP contribution in [0.2, 0.25) is 0 Å². The molecule has 5 nitrogen and oxygen atoms in total. The van der Waals surface area contributed by atoms with Crippen molar-refractivity contribution < 1.29 is 5.11 Å². The second-order valence-corrected chi connectivity index (χ2v) is 3.97. The van der Waals surface area contributed by atoms with Gasteiger partial charge in [-0.1, -0.05) is 0 Å². The summed E-state index contributed by atoms with van der Waals surface area (Å²) in [6.07, 6.45) is 3.93. The molecule has 0 bridgehead atoms. The van der Waals surface area contributed by atoms with Gasteiger partial charge in [-0.25, -0.2) is 4.98 Å². The summed E-state index contributed by atoms with van der Waals surface area (Å²) in [4.78, 5) is 6.38. The molecule has 0 amide bonds. The minimum atomic E-state index is 0.0270. The number of hydrogen-bond donors (Lipinski definition) is 3. The Kier molecular flexibility index (Phi) is 3.05. The Hall–Kier alpha value is -1.62. The summed E-state index contributed by atoms with van der Waals surface area (Å²) in [5, 5.41) is 16.3. The van der Waals surface area contributed by atoms with Crippen LogP contribution in [0.4, 0.5) is 5.82 Å². The van der Waals surface area contributed by atoms with E-state index in [4.69, 9.17) is 16.2 Å². The highest BCUT2D eigenvalue weighted by Gasteiger charge is 2.29. The summed E-state index contributed by atoms with van der Waals surface area (Å²) in [7, 11) is 0. The summed E-state index contributed by atoms with van der Waals surface area (Å²) in [5.41, 5.74) is 5.99. The molecular formula is C11H16N4O. The number of anilines is 1. The Bertz CT molecular complexity index is 372. The molecule has 1 saturated carbocycles. The van der Waals surface area contributed by atoms with E-state index >= 15 is 0 Å². The third kappa shape index (κ3) is 2.30. The maximum absolute atomic E-state index is 8.99. The molecule has 0 aromatic carbocycles. The summed E-state index contributed by atoms with van der Waals surface area (Å²) >= 11 is 0. The Morgan fingerprint density at radius 3 is 2.75 bits per heavy atom. The van der Waals surface area contributed by atoms with Crippen LogP contribution in [0.25, 0.3) is 0 Å². The van der Waals surface area contributed by atoms with E-state index in [1.54, 1.807) is 12.3 Å². The van der Waals surface area contributed by atoms with Crippen molar-refractivity contribution in [2.45, 2.75) is 18.9 Å². The predicted molar refractivity (Wildman–Crippen MR) is 62.7 cm³/mol. The summed E-state index contributed by atoms with van der Waals surface area (Å²) < 4.78 is 0. The van der Waals surface area contributed by atoms with Gasteiger partial charge in [0.15, 0.2) is 0 Å². The molecule has 2 rings (SSSR count). The molecule has 1 aliphatic carbocycles. The Morgan fingerprint density at radius 1 is 1.56 bits per heavy atom. The fourth-order valence-corrected chi connectivity index (χ4v) is 1.69. The lowest BCUT2D eigenvalue weighted by molar-refractivity contribution is 0.301. The van der Waals surface area contributed by atoms with Crippen LogP contribution >= 0.6 is 0 Å². The Labute approximate surface area is 94.4 Å². The molecule has 1 aromatic rings. The van der Waals surface area contributed by atoms with Crippen LogP contribution in [0.1, 0.15) is 18.4 Å². The van der Waals surface area contributed by atoms with E-state index < -0.39 is 0 Å². The number of nitrogen functional groups attached to an aromatic ring is 1. The molecule has 4 N–H and O–H groups in total. The van der Waals surface area contributed by atoms with Crippen molar-refractivity contribution >= 4 is 11.7 Å². The molecule has 0 aliphatic heterocycles. The van der Waals surface area contributed by atoms with Gasteiger partial charge in [-0.05, 0) is 25.0 Å². The number of amidine groups is 1. The minimum absolute atomic E-state index is 0.0270. The topological polar surface area (TPSA) is 86.2 Å². The molecule has 0 atom stereocenters. The fourth-order valence-electron chi connectivity index (χ4n) is 1.69. The first kappa shape index (κ1) is 10.9. The van der Waals surface area contributed by atoms with Crippen LogP contribution in [0.15, 0.2) is 18.3 Å². The van der Waals surface area contributed by atoms with Gasteiger partial charge in [0, 0.05) is 24.3 Å². The number of aliphatic hydroxyl groups is 1. The first-order valence-corrected chi connectivity index (χ1v) is 5.40. The van der Waals surface area contributed by atoms with Crippen LogP contribution in [0, 0.1) is 5.41 Å². The molecule has 0 spiro atoms. The number of hydrogen-bond acceptors (Lipinski definition) is 4. The van der Waals surface area contributed by atoms with Crippen molar-refractivity contribution in [3.63, 3.8) is 0 Å². The van der Waals surface area contributed by atoms with E-state index in [0.29, 0.717) is 18.2 Å². The average Bonchev–Trinajstić information content (AvgIpc) is 3.10. The number of nitrogens with one attached hydrogen (secondary N) is 1. The first-order chi connectivity index (χ1) is 7.72. The number of aliphatic hydroxyl groups excluding tert-OH is 1. The molecule has 1 aliphatic rings. The van der Waals surface area contributed by atoms with E-state index in [0.717, 1.165) is 18.7 Å². The summed E-state index contributed by atoms with van der Waals surface area (Å²) in [6, 6.07) is 4.16. The number of rotatable bonds is 5. The zero-order valence-electron chi connectivity index (χ0n) is 9.06. The fraction of sp³-hybridized carbons (Fsp3) is 0.455. The van der Waals surface area contributed by atoms with Gasteiger partial charge in [-0.2, -0.15) is 0 Å². The van der Waals surface area contributed by atoms with Crippen LogP contribution in [-0.4, -0.2) is 35.1 Å². The third-order valence-electron chi connectivity index (χ3n) is 2.68. The summed E-state index contributed by atoms with van der Waals surface area (Å²) in [6.45, 7) is 0.740. The van der Waals surface area contributed by atoms with E-state index in [1.165, 1.54) is 0 Å². The van der Waals surface area contributed by atoms with Crippen LogP contribution in [0.3, 0.4) is 0 Å². The zero-order valence-corrected chi connectivity index (χ0v) is 9.06. The van der Waals surface area contributed by atoms with Crippen molar-refractivity contribution in [1.29, 1.82) is 5.41 Å². The average molecular weight is 220 g/mol. The smallest absolute Gasteiger partial charge is 0.128 e. The largest absolute Gasteiger partial charge is 0.395 e. The molecule has 0 saturated heterocycles. The number of nitrogens with two attached hydrogens (primary N) is 1. The van der Waals surface area contributed by atoms with Gasteiger partial charge in [-0.15, -0.1) is 0 Å². The molecule has 1 heterocycles. The first-order valence-electron chi connectivity index (χ1n) is 5.40. The van der Waals surface area contributed by atoms with Gasteiger partial charge in [0.2, 0.25) is 0 Å². The molecule has 16 heavy (non-hydrogen) atoms. The summed E-state index contributed by atoms with van der Waals surface area (Å²) in [5.74, 6) is 0.876. The van der Waals surface area contributed by atoms with E-state index in [-0.39, 0.29) is 12.4 Å². The van der Waals surface area contributed by atoms with E-state index in [9.17, 15) is 0 Å².